The van der Waals surface area contributed by atoms with Crippen LogP contribution in [-0.4, -0.2) is 29.2 Å². The van der Waals surface area contributed by atoms with Crippen LogP contribution in [0.1, 0.15) is 24.2 Å². The lowest BCUT2D eigenvalue weighted by atomic mass is 10.3. The Bertz CT molecular complexity index is 429. The van der Waals surface area contributed by atoms with Crippen LogP contribution in [0.15, 0.2) is 29.6 Å². The Morgan fingerprint density at radius 3 is 2.88 bits per heavy atom. The molecule has 0 atom stereocenters. The summed E-state index contributed by atoms with van der Waals surface area (Å²) in [6, 6.07) is 3.23. The first-order valence-electron chi connectivity index (χ1n) is 5.07. The van der Waals surface area contributed by atoms with Gasteiger partial charge in [0.2, 0.25) is 0 Å². The lowest BCUT2D eigenvalue weighted by molar-refractivity contribution is -0.135. The molecule has 0 fully saturated rings. The molecule has 0 saturated carbocycles. The van der Waals surface area contributed by atoms with Gasteiger partial charge in [-0.15, -0.1) is 0 Å². The van der Waals surface area contributed by atoms with Crippen molar-refractivity contribution in [2.45, 2.75) is 13.8 Å². The van der Waals surface area contributed by atoms with E-state index in [2.05, 4.69) is 15.5 Å². The van der Waals surface area contributed by atoms with Crippen molar-refractivity contribution in [1.29, 1.82) is 0 Å². The standard InChI is InChI=1S/C11H13N3O3/c1-3-17-11(16)8(2)13-14-10(15)9-5-4-6-12-7-9/h4-7H,3H2,1-2H3,(H,14,15). The number of carbonyl (C=O) groups is 2. The molecule has 0 aliphatic heterocycles. The molecule has 0 radical (unpaired) electrons. The number of rotatable bonds is 4. The monoisotopic (exact) mass is 235 g/mol. The molecule has 1 heterocycles. The van der Waals surface area contributed by atoms with Gasteiger partial charge in [-0.05, 0) is 26.0 Å². The van der Waals surface area contributed by atoms with Gasteiger partial charge in [0.25, 0.3) is 5.91 Å². The van der Waals surface area contributed by atoms with Gasteiger partial charge < -0.3 is 4.74 Å². The molecule has 1 rings (SSSR count). The van der Waals surface area contributed by atoms with Crippen molar-refractivity contribution >= 4 is 17.6 Å². The van der Waals surface area contributed by atoms with E-state index in [9.17, 15) is 9.59 Å². The number of carbonyl (C=O) groups excluding carboxylic acids is 2. The highest BCUT2D eigenvalue weighted by Gasteiger charge is 2.08. The van der Waals surface area contributed by atoms with Gasteiger partial charge in [0.05, 0.1) is 12.2 Å². The molecule has 0 aliphatic rings. The van der Waals surface area contributed by atoms with E-state index in [0.717, 1.165) is 0 Å². The van der Waals surface area contributed by atoms with Crippen molar-refractivity contribution in [2.75, 3.05) is 6.61 Å². The summed E-state index contributed by atoms with van der Waals surface area (Å²) in [4.78, 5) is 26.5. The Morgan fingerprint density at radius 1 is 1.53 bits per heavy atom. The summed E-state index contributed by atoms with van der Waals surface area (Å²) in [5, 5.41) is 3.63. The van der Waals surface area contributed by atoms with Crippen LogP contribution in [0.4, 0.5) is 0 Å². The Morgan fingerprint density at radius 2 is 2.29 bits per heavy atom. The number of ether oxygens (including phenoxy) is 1. The Hall–Kier alpha value is -2.24. The third kappa shape index (κ3) is 4.02. The molecule has 1 aromatic heterocycles. The second kappa shape index (κ2) is 6.37. The number of pyridine rings is 1. The average molecular weight is 235 g/mol. The zero-order valence-corrected chi connectivity index (χ0v) is 9.64. The Kier molecular flexibility index (Phi) is 4.80. The molecule has 17 heavy (non-hydrogen) atoms. The zero-order chi connectivity index (χ0) is 12.7. The molecule has 0 saturated heterocycles. The minimum atomic E-state index is -0.556. The van der Waals surface area contributed by atoms with Crippen LogP contribution >= 0.6 is 0 Å². The van der Waals surface area contributed by atoms with E-state index < -0.39 is 11.9 Å². The van der Waals surface area contributed by atoms with Crippen LogP contribution in [0.5, 0.6) is 0 Å². The normalized spacial score (nSPS) is 10.8. The van der Waals surface area contributed by atoms with Crippen LogP contribution in [0.2, 0.25) is 0 Å². The molecule has 6 heteroatoms. The van der Waals surface area contributed by atoms with Crippen molar-refractivity contribution in [2.24, 2.45) is 5.10 Å². The number of amides is 1. The zero-order valence-electron chi connectivity index (χ0n) is 9.64. The summed E-state index contributed by atoms with van der Waals surface area (Å²) in [7, 11) is 0. The highest BCUT2D eigenvalue weighted by Crippen LogP contribution is 1.95. The van der Waals surface area contributed by atoms with Crippen LogP contribution in [-0.2, 0) is 9.53 Å². The lowest BCUT2D eigenvalue weighted by Gasteiger charge is -2.02. The smallest absolute Gasteiger partial charge is 0.354 e. The molecule has 0 spiro atoms. The predicted octanol–water partition coefficient (Wildman–Crippen LogP) is 0.750. The van der Waals surface area contributed by atoms with E-state index in [1.54, 1.807) is 25.3 Å². The second-order valence-electron chi connectivity index (χ2n) is 3.10. The maximum atomic E-state index is 11.5. The lowest BCUT2D eigenvalue weighted by Crippen LogP contribution is -2.23. The number of esters is 1. The van der Waals surface area contributed by atoms with Crippen molar-refractivity contribution in [3.8, 4) is 0 Å². The van der Waals surface area contributed by atoms with Gasteiger partial charge in [-0.25, -0.2) is 10.2 Å². The summed E-state index contributed by atoms with van der Waals surface area (Å²) in [5.74, 6) is -0.985. The van der Waals surface area contributed by atoms with Crippen LogP contribution in [0, 0.1) is 0 Å². The SMILES string of the molecule is CCOC(=O)C(C)=NNC(=O)c1cccnc1. The molecule has 90 valence electrons. The topological polar surface area (TPSA) is 80.6 Å². The molecule has 1 aromatic rings. The first-order chi connectivity index (χ1) is 8.15. The van der Waals surface area contributed by atoms with Gasteiger partial charge in [0.15, 0.2) is 0 Å². The van der Waals surface area contributed by atoms with Gasteiger partial charge in [-0.3, -0.25) is 9.78 Å². The molecule has 6 nitrogen and oxygen atoms in total. The quantitative estimate of drug-likeness (QED) is 0.474. The second-order valence-corrected chi connectivity index (χ2v) is 3.10. The maximum Gasteiger partial charge on any atom is 0.354 e. The first-order valence-corrected chi connectivity index (χ1v) is 5.07. The first kappa shape index (κ1) is 12.8. The molecule has 1 N–H and O–H groups in total. The van der Waals surface area contributed by atoms with Crippen LogP contribution < -0.4 is 5.43 Å². The molecular formula is C11H13N3O3. The summed E-state index contributed by atoms with van der Waals surface area (Å²) >= 11 is 0. The highest BCUT2D eigenvalue weighted by molar-refractivity contribution is 6.35. The van der Waals surface area contributed by atoms with E-state index in [0.29, 0.717) is 5.56 Å². The molecular weight excluding hydrogens is 222 g/mol. The average Bonchev–Trinajstić information content (AvgIpc) is 2.36. The fraction of sp³-hybridized carbons (Fsp3) is 0.273. The summed E-state index contributed by atoms with van der Waals surface area (Å²) in [6.07, 6.45) is 2.97. The minimum absolute atomic E-state index is 0.0871. The Balaban J connectivity index is 2.59. The third-order valence-electron chi connectivity index (χ3n) is 1.82. The summed E-state index contributed by atoms with van der Waals surface area (Å²) in [5.41, 5.74) is 2.70. The maximum absolute atomic E-state index is 11.5. The van der Waals surface area contributed by atoms with E-state index in [1.165, 1.54) is 13.1 Å². The third-order valence-corrected chi connectivity index (χ3v) is 1.82. The van der Waals surface area contributed by atoms with Crippen LogP contribution in [0.25, 0.3) is 0 Å². The fourth-order valence-electron chi connectivity index (χ4n) is 0.977. The largest absolute Gasteiger partial charge is 0.461 e. The molecule has 0 aromatic carbocycles. The number of hydrazone groups is 1. The number of nitrogens with one attached hydrogen (secondary N) is 1. The van der Waals surface area contributed by atoms with E-state index in [-0.39, 0.29) is 12.3 Å². The van der Waals surface area contributed by atoms with Gasteiger partial charge in [0, 0.05) is 12.4 Å². The Labute approximate surface area is 98.7 Å². The predicted molar refractivity (Wildman–Crippen MR) is 61.4 cm³/mol. The van der Waals surface area contributed by atoms with Crippen molar-refractivity contribution in [3.05, 3.63) is 30.1 Å². The van der Waals surface area contributed by atoms with Crippen LogP contribution in [0.3, 0.4) is 0 Å². The van der Waals surface area contributed by atoms with Crippen molar-refractivity contribution in [3.63, 3.8) is 0 Å². The number of nitrogens with zero attached hydrogens (tertiary/aromatic N) is 2. The molecule has 1 amide bonds. The molecule has 0 bridgehead atoms. The van der Waals surface area contributed by atoms with Gasteiger partial charge in [-0.1, -0.05) is 0 Å². The van der Waals surface area contributed by atoms with Gasteiger partial charge in [-0.2, -0.15) is 5.10 Å². The highest BCUT2D eigenvalue weighted by atomic mass is 16.5. The van der Waals surface area contributed by atoms with Crippen molar-refractivity contribution in [1.82, 2.24) is 10.4 Å². The molecule has 0 aliphatic carbocycles. The summed E-state index contributed by atoms with van der Waals surface area (Å²) in [6.45, 7) is 3.42. The fourth-order valence-corrected chi connectivity index (χ4v) is 0.977. The number of hydrogen-bond acceptors (Lipinski definition) is 5. The van der Waals surface area contributed by atoms with E-state index in [1.807, 2.05) is 0 Å². The number of hydrogen-bond donors (Lipinski definition) is 1. The van der Waals surface area contributed by atoms with E-state index >= 15 is 0 Å². The minimum Gasteiger partial charge on any atom is -0.461 e. The van der Waals surface area contributed by atoms with Crippen molar-refractivity contribution < 1.29 is 14.3 Å². The summed E-state index contributed by atoms with van der Waals surface area (Å²) < 4.78 is 4.71. The van der Waals surface area contributed by atoms with E-state index in [4.69, 9.17) is 4.74 Å². The van der Waals surface area contributed by atoms with Gasteiger partial charge in [0.1, 0.15) is 5.71 Å². The molecule has 0 unspecified atom stereocenters. The van der Waals surface area contributed by atoms with Gasteiger partial charge >= 0.3 is 5.97 Å². The number of aromatic nitrogens is 1.